The highest BCUT2D eigenvalue weighted by molar-refractivity contribution is 7.89. The molecular weight excluding hydrogens is 376 g/mol. The van der Waals surface area contributed by atoms with E-state index in [1.54, 1.807) is 0 Å². The Labute approximate surface area is 155 Å². The number of ketones is 1. The highest BCUT2D eigenvalue weighted by Crippen LogP contribution is 2.18. The van der Waals surface area contributed by atoms with Crippen molar-refractivity contribution in [1.29, 1.82) is 0 Å². The van der Waals surface area contributed by atoms with Crippen molar-refractivity contribution >= 4 is 21.9 Å². The van der Waals surface area contributed by atoms with E-state index in [4.69, 9.17) is 4.74 Å². The number of benzene rings is 2. The van der Waals surface area contributed by atoms with E-state index >= 15 is 0 Å². The number of rotatable bonds is 5. The Balaban J connectivity index is 1.75. The molecule has 142 valence electrons. The summed E-state index contributed by atoms with van der Waals surface area (Å²) in [7, 11) is -3.64. The van der Waals surface area contributed by atoms with Gasteiger partial charge in [0.05, 0.1) is 18.1 Å². The minimum Gasteiger partial charge on any atom is -0.379 e. The van der Waals surface area contributed by atoms with Gasteiger partial charge in [0.25, 0.3) is 0 Å². The van der Waals surface area contributed by atoms with Crippen LogP contribution in [0.25, 0.3) is 6.08 Å². The maximum atomic E-state index is 13.6. The Morgan fingerprint density at radius 2 is 1.70 bits per heavy atom. The third-order valence-corrected chi connectivity index (χ3v) is 6.06. The Kier molecular flexibility index (Phi) is 5.79. The van der Waals surface area contributed by atoms with Crippen LogP contribution in [0.2, 0.25) is 0 Å². The molecule has 0 radical (unpaired) electrons. The third kappa shape index (κ3) is 4.29. The number of nitrogens with zero attached hydrogens (tertiary/aromatic N) is 1. The van der Waals surface area contributed by atoms with Crippen LogP contribution in [0.3, 0.4) is 0 Å². The largest absolute Gasteiger partial charge is 0.379 e. The van der Waals surface area contributed by atoms with Crippen LogP contribution in [0.1, 0.15) is 15.9 Å². The van der Waals surface area contributed by atoms with Gasteiger partial charge in [0.1, 0.15) is 0 Å². The summed E-state index contributed by atoms with van der Waals surface area (Å²) in [5.74, 6) is -2.48. The van der Waals surface area contributed by atoms with Gasteiger partial charge in [-0.1, -0.05) is 12.1 Å². The second-order valence-electron chi connectivity index (χ2n) is 5.88. The monoisotopic (exact) mass is 393 g/mol. The molecule has 0 bridgehead atoms. The van der Waals surface area contributed by atoms with Gasteiger partial charge in [-0.25, -0.2) is 17.2 Å². The summed E-state index contributed by atoms with van der Waals surface area (Å²) >= 11 is 0. The molecule has 1 heterocycles. The normalized spacial score (nSPS) is 15.9. The van der Waals surface area contributed by atoms with Crippen LogP contribution in [0.5, 0.6) is 0 Å². The average molecular weight is 393 g/mol. The van der Waals surface area contributed by atoms with Crippen molar-refractivity contribution in [2.75, 3.05) is 26.3 Å². The van der Waals surface area contributed by atoms with E-state index in [9.17, 15) is 22.0 Å². The van der Waals surface area contributed by atoms with Crippen molar-refractivity contribution in [2.24, 2.45) is 0 Å². The number of allylic oxidation sites excluding steroid dienone is 1. The Bertz CT molecular complexity index is 966. The fraction of sp³-hybridized carbons (Fsp3) is 0.211. The second-order valence-corrected chi connectivity index (χ2v) is 7.82. The van der Waals surface area contributed by atoms with E-state index in [2.05, 4.69) is 0 Å². The smallest absolute Gasteiger partial charge is 0.243 e. The van der Waals surface area contributed by atoms with Crippen LogP contribution in [0.15, 0.2) is 53.4 Å². The summed E-state index contributed by atoms with van der Waals surface area (Å²) in [4.78, 5) is 12.3. The predicted molar refractivity (Wildman–Crippen MR) is 95.7 cm³/mol. The molecule has 0 aromatic heterocycles. The highest BCUT2D eigenvalue weighted by Gasteiger charge is 2.26. The third-order valence-electron chi connectivity index (χ3n) is 4.14. The number of carbonyl (C=O) groups is 1. The minimum atomic E-state index is -3.64. The lowest BCUT2D eigenvalue weighted by Gasteiger charge is -2.26. The molecule has 1 saturated heterocycles. The molecule has 1 fully saturated rings. The highest BCUT2D eigenvalue weighted by atomic mass is 32.2. The first-order valence-corrected chi connectivity index (χ1v) is 9.68. The van der Waals surface area contributed by atoms with Gasteiger partial charge in [0, 0.05) is 24.2 Å². The molecule has 0 unspecified atom stereocenters. The van der Waals surface area contributed by atoms with Crippen LogP contribution in [-0.2, 0) is 14.8 Å². The molecule has 27 heavy (non-hydrogen) atoms. The Morgan fingerprint density at radius 1 is 1.04 bits per heavy atom. The van der Waals surface area contributed by atoms with Crippen molar-refractivity contribution in [1.82, 2.24) is 4.31 Å². The van der Waals surface area contributed by atoms with Gasteiger partial charge >= 0.3 is 0 Å². The summed E-state index contributed by atoms with van der Waals surface area (Å²) in [6.45, 7) is 1.25. The van der Waals surface area contributed by atoms with Gasteiger partial charge in [-0.3, -0.25) is 4.79 Å². The molecule has 8 heteroatoms. The van der Waals surface area contributed by atoms with Crippen molar-refractivity contribution in [2.45, 2.75) is 4.90 Å². The zero-order valence-electron chi connectivity index (χ0n) is 14.3. The summed E-state index contributed by atoms with van der Waals surface area (Å²) in [5.41, 5.74) is 0.193. The first-order chi connectivity index (χ1) is 12.9. The summed E-state index contributed by atoms with van der Waals surface area (Å²) < 4.78 is 58.3. The molecule has 1 aliphatic heterocycles. The Morgan fingerprint density at radius 3 is 2.37 bits per heavy atom. The molecule has 0 spiro atoms. The van der Waals surface area contributed by atoms with Crippen LogP contribution in [0, 0.1) is 11.6 Å². The van der Waals surface area contributed by atoms with Gasteiger partial charge in [-0.05, 0) is 42.5 Å². The summed E-state index contributed by atoms with van der Waals surface area (Å²) in [5, 5.41) is 0. The maximum absolute atomic E-state index is 13.6. The fourth-order valence-corrected chi connectivity index (χ4v) is 4.05. The summed E-state index contributed by atoms with van der Waals surface area (Å²) in [6, 6.07) is 9.17. The zero-order valence-corrected chi connectivity index (χ0v) is 15.1. The van der Waals surface area contributed by atoms with E-state index in [0.717, 1.165) is 12.1 Å². The lowest BCUT2D eigenvalue weighted by Crippen LogP contribution is -2.40. The molecule has 0 saturated carbocycles. The van der Waals surface area contributed by atoms with Gasteiger partial charge in [-0.15, -0.1) is 0 Å². The number of carbonyl (C=O) groups excluding carboxylic acids is 1. The predicted octanol–water partition coefficient (Wildman–Crippen LogP) is 2.88. The lowest BCUT2D eigenvalue weighted by molar-refractivity contribution is 0.0730. The number of ether oxygens (including phenoxy) is 1. The van der Waals surface area contributed by atoms with Gasteiger partial charge in [0.15, 0.2) is 17.4 Å². The second kappa shape index (κ2) is 8.08. The fourth-order valence-electron chi connectivity index (χ4n) is 2.64. The maximum Gasteiger partial charge on any atom is 0.243 e. The quantitative estimate of drug-likeness (QED) is 0.579. The molecule has 0 N–H and O–H groups in total. The molecule has 3 rings (SSSR count). The average Bonchev–Trinajstić information content (AvgIpc) is 2.69. The van der Waals surface area contributed by atoms with Crippen molar-refractivity contribution in [3.8, 4) is 0 Å². The number of halogens is 2. The van der Waals surface area contributed by atoms with Gasteiger partial charge < -0.3 is 4.74 Å². The first kappa shape index (κ1) is 19.3. The van der Waals surface area contributed by atoms with Crippen LogP contribution < -0.4 is 0 Å². The van der Waals surface area contributed by atoms with Crippen LogP contribution >= 0.6 is 0 Å². The molecule has 2 aromatic rings. The topological polar surface area (TPSA) is 63.7 Å². The van der Waals surface area contributed by atoms with Gasteiger partial charge in [0.2, 0.25) is 10.0 Å². The SMILES string of the molecule is O=C(/C=C/c1cccc(F)c1F)c1ccc(S(=O)(=O)N2CCOCC2)cc1. The molecule has 0 aliphatic carbocycles. The van der Waals surface area contributed by atoms with Crippen molar-refractivity contribution in [3.05, 3.63) is 71.3 Å². The summed E-state index contributed by atoms with van der Waals surface area (Å²) in [6.07, 6.45) is 2.29. The molecule has 5 nitrogen and oxygen atoms in total. The zero-order chi connectivity index (χ0) is 19.4. The molecule has 0 atom stereocenters. The van der Waals surface area contributed by atoms with Crippen LogP contribution in [-0.4, -0.2) is 44.8 Å². The number of morpholine rings is 1. The number of hydrogen-bond acceptors (Lipinski definition) is 4. The van der Waals surface area contributed by atoms with Crippen molar-refractivity contribution in [3.63, 3.8) is 0 Å². The standard InChI is InChI=1S/C19H17F2NO4S/c20-17-3-1-2-15(19(17)21)6-9-18(23)14-4-7-16(8-5-14)27(24,25)22-10-12-26-13-11-22/h1-9H,10-13H2/b9-6+. The lowest BCUT2D eigenvalue weighted by atomic mass is 10.1. The molecule has 0 amide bonds. The van der Waals surface area contributed by atoms with E-state index in [-0.39, 0.29) is 29.1 Å². The van der Waals surface area contributed by atoms with E-state index < -0.39 is 27.4 Å². The Hall–Kier alpha value is -2.42. The van der Waals surface area contributed by atoms with Gasteiger partial charge in [-0.2, -0.15) is 4.31 Å². The van der Waals surface area contributed by atoms with E-state index in [0.29, 0.717) is 13.2 Å². The van der Waals surface area contributed by atoms with Crippen LogP contribution in [0.4, 0.5) is 8.78 Å². The molecule has 2 aromatic carbocycles. The first-order valence-electron chi connectivity index (χ1n) is 8.24. The molecular formula is C19H17F2NO4S. The van der Waals surface area contributed by atoms with E-state index in [1.165, 1.54) is 46.8 Å². The van der Waals surface area contributed by atoms with E-state index in [1.807, 2.05) is 0 Å². The number of hydrogen-bond donors (Lipinski definition) is 0. The number of sulfonamides is 1. The minimum absolute atomic E-state index is 0.0464. The van der Waals surface area contributed by atoms with Crippen molar-refractivity contribution < 1.29 is 26.7 Å². The molecule has 1 aliphatic rings.